The van der Waals surface area contributed by atoms with Crippen LogP contribution in [0.4, 0.5) is 11.5 Å². The van der Waals surface area contributed by atoms with Crippen molar-refractivity contribution in [2.45, 2.75) is 26.4 Å². The number of hydrogen-bond acceptors (Lipinski definition) is 5. The Balaban J connectivity index is 1.93. The molecule has 0 aromatic carbocycles. The zero-order chi connectivity index (χ0) is 13.7. The van der Waals surface area contributed by atoms with Gasteiger partial charge in [0.2, 0.25) is 5.88 Å². The zero-order valence-electron chi connectivity index (χ0n) is 11.2. The summed E-state index contributed by atoms with van der Waals surface area (Å²) in [5, 5.41) is 3.22. The minimum atomic E-state index is 0.0492. The van der Waals surface area contributed by atoms with Gasteiger partial charge in [-0.3, -0.25) is 0 Å². The molecule has 5 nitrogen and oxygen atoms in total. The molecule has 0 saturated heterocycles. The molecule has 0 bridgehead atoms. The van der Waals surface area contributed by atoms with E-state index >= 15 is 0 Å². The maximum absolute atomic E-state index is 5.81. The first-order valence-corrected chi connectivity index (χ1v) is 6.34. The fourth-order valence-electron chi connectivity index (χ4n) is 1.64. The lowest BCUT2D eigenvalue weighted by molar-refractivity contribution is 0.234. The lowest BCUT2D eigenvalue weighted by Gasteiger charge is -2.12. The molecule has 102 valence electrons. The summed E-state index contributed by atoms with van der Waals surface area (Å²) < 4.78 is 10.8. The third-order valence-electron chi connectivity index (χ3n) is 2.49. The first-order valence-electron chi connectivity index (χ1n) is 6.34. The molecule has 0 aliphatic heterocycles. The minimum absolute atomic E-state index is 0.0492. The number of pyridine rings is 1. The van der Waals surface area contributed by atoms with Gasteiger partial charge in [0.1, 0.15) is 11.6 Å². The van der Waals surface area contributed by atoms with Crippen molar-refractivity contribution in [3.63, 3.8) is 0 Å². The van der Waals surface area contributed by atoms with Crippen LogP contribution in [0.2, 0.25) is 0 Å². The Labute approximate surface area is 112 Å². The van der Waals surface area contributed by atoms with Crippen molar-refractivity contribution in [3.05, 3.63) is 36.3 Å². The highest BCUT2D eigenvalue weighted by molar-refractivity contribution is 5.53. The molecule has 0 aliphatic rings. The number of anilines is 2. The highest BCUT2D eigenvalue weighted by Gasteiger charge is 2.06. The fourth-order valence-corrected chi connectivity index (χ4v) is 1.64. The van der Waals surface area contributed by atoms with Gasteiger partial charge < -0.3 is 20.2 Å². The molecule has 0 fully saturated rings. The Morgan fingerprint density at radius 2 is 2.21 bits per heavy atom. The molecule has 0 saturated carbocycles. The second-order valence-corrected chi connectivity index (χ2v) is 4.51. The van der Waals surface area contributed by atoms with Gasteiger partial charge in [0.15, 0.2) is 0 Å². The van der Waals surface area contributed by atoms with Gasteiger partial charge in [-0.15, -0.1) is 0 Å². The van der Waals surface area contributed by atoms with Gasteiger partial charge in [0.25, 0.3) is 0 Å². The number of nitrogens with zero attached hydrogens (tertiary/aromatic N) is 1. The summed E-state index contributed by atoms with van der Waals surface area (Å²) in [6.45, 7) is 4.63. The van der Waals surface area contributed by atoms with Crippen LogP contribution in [0.25, 0.3) is 0 Å². The summed E-state index contributed by atoms with van der Waals surface area (Å²) >= 11 is 0. The Hall–Kier alpha value is -2.17. The first-order chi connectivity index (χ1) is 9.15. The highest BCUT2D eigenvalue weighted by Crippen LogP contribution is 2.21. The Morgan fingerprint density at radius 1 is 1.37 bits per heavy atom. The Bertz CT molecular complexity index is 509. The van der Waals surface area contributed by atoms with Crippen molar-refractivity contribution in [3.8, 4) is 5.88 Å². The van der Waals surface area contributed by atoms with Gasteiger partial charge in [0, 0.05) is 13.0 Å². The average Bonchev–Trinajstić information content (AvgIpc) is 2.86. The van der Waals surface area contributed by atoms with E-state index in [1.165, 1.54) is 0 Å². The molecule has 0 radical (unpaired) electrons. The van der Waals surface area contributed by atoms with Crippen LogP contribution in [-0.2, 0) is 6.42 Å². The summed E-state index contributed by atoms with van der Waals surface area (Å²) in [4.78, 5) is 4.34. The third-order valence-corrected chi connectivity index (χ3v) is 2.49. The molecule has 0 amide bonds. The van der Waals surface area contributed by atoms with E-state index in [1.807, 2.05) is 32.0 Å². The van der Waals surface area contributed by atoms with E-state index < -0.39 is 0 Å². The Morgan fingerprint density at radius 3 is 2.89 bits per heavy atom. The molecule has 0 spiro atoms. The normalized spacial score (nSPS) is 10.7. The highest BCUT2D eigenvalue weighted by atomic mass is 16.5. The van der Waals surface area contributed by atoms with Crippen LogP contribution in [0.3, 0.4) is 0 Å². The van der Waals surface area contributed by atoms with Gasteiger partial charge in [-0.25, -0.2) is 0 Å². The van der Waals surface area contributed by atoms with Crippen molar-refractivity contribution in [1.29, 1.82) is 0 Å². The third kappa shape index (κ3) is 3.91. The topological polar surface area (TPSA) is 73.3 Å². The second-order valence-electron chi connectivity index (χ2n) is 4.51. The number of ether oxygens (including phenoxy) is 1. The average molecular weight is 261 g/mol. The van der Waals surface area contributed by atoms with E-state index in [9.17, 15) is 0 Å². The number of aromatic nitrogens is 1. The number of rotatable bonds is 6. The molecular weight excluding hydrogens is 242 g/mol. The first kappa shape index (κ1) is 13.3. The second kappa shape index (κ2) is 6.13. The smallest absolute Gasteiger partial charge is 0.239 e. The molecule has 2 aromatic rings. The summed E-state index contributed by atoms with van der Waals surface area (Å²) in [6, 6.07) is 7.46. The van der Waals surface area contributed by atoms with Crippen molar-refractivity contribution >= 4 is 11.5 Å². The molecule has 3 N–H and O–H groups in total. The van der Waals surface area contributed by atoms with Crippen LogP contribution in [-0.4, -0.2) is 17.6 Å². The number of hydrogen-bond donors (Lipinski definition) is 2. The number of nitrogens with one attached hydrogen (secondary N) is 1. The van der Waals surface area contributed by atoms with Gasteiger partial charge in [-0.05, 0) is 38.1 Å². The molecular formula is C14H19N3O2. The SMILES string of the molecule is CC(C)Oc1nc(NCCc2ccco2)ccc1N. The molecule has 5 heteroatoms. The predicted molar refractivity (Wildman–Crippen MR) is 75.3 cm³/mol. The molecule has 2 aromatic heterocycles. The Kier molecular flexibility index (Phi) is 4.28. The van der Waals surface area contributed by atoms with Crippen LogP contribution in [0.1, 0.15) is 19.6 Å². The predicted octanol–water partition coefficient (Wildman–Crippen LogP) is 2.70. The van der Waals surface area contributed by atoms with Crippen molar-refractivity contribution in [2.24, 2.45) is 0 Å². The van der Waals surface area contributed by atoms with Crippen molar-refractivity contribution < 1.29 is 9.15 Å². The number of nitrogen functional groups attached to an aromatic ring is 1. The lowest BCUT2D eigenvalue weighted by Crippen LogP contribution is -2.11. The van der Waals surface area contributed by atoms with E-state index in [4.69, 9.17) is 14.9 Å². The number of furan rings is 1. The lowest BCUT2D eigenvalue weighted by atomic mass is 10.3. The molecule has 2 rings (SSSR count). The van der Waals surface area contributed by atoms with Crippen LogP contribution in [0, 0.1) is 0 Å². The van der Waals surface area contributed by atoms with Crippen molar-refractivity contribution in [2.75, 3.05) is 17.6 Å². The van der Waals surface area contributed by atoms with Crippen molar-refractivity contribution in [1.82, 2.24) is 4.98 Å². The molecule has 0 unspecified atom stereocenters. The minimum Gasteiger partial charge on any atom is -0.473 e. The largest absolute Gasteiger partial charge is 0.473 e. The summed E-state index contributed by atoms with van der Waals surface area (Å²) in [6.07, 6.45) is 2.53. The maximum atomic E-state index is 5.81. The molecule has 2 heterocycles. The van der Waals surface area contributed by atoms with Crippen LogP contribution >= 0.6 is 0 Å². The summed E-state index contributed by atoms with van der Waals surface area (Å²) in [5.74, 6) is 2.16. The van der Waals surface area contributed by atoms with E-state index in [0.717, 1.165) is 24.5 Å². The van der Waals surface area contributed by atoms with Crippen LogP contribution in [0.15, 0.2) is 34.9 Å². The fraction of sp³-hybridized carbons (Fsp3) is 0.357. The summed E-state index contributed by atoms with van der Waals surface area (Å²) in [7, 11) is 0. The molecule has 0 aliphatic carbocycles. The van der Waals surface area contributed by atoms with E-state index in [0.29, 0.717) is 11.6 Å². The van der Waals surface area contributed by atoms with E-state index in [2.05, 4.69) is 10.3 Å². The zero-order valence-corrected chi connectivity index (χ0v) is 11.2. The van der Waals surface area contributed by atoms with Gasteiger partial charge >= 0.3 is 0 Å². The number of nitrogens with two attached hydrogens (primary N) is 1. The van der Waals surface area contributed by atoms with Gasteiger partial charge in [-0.1, -0.05) is 0 Å². The quantitative estimate of drug-likeness (QED) is 0.836. The monoisotopic (exact) mass is 261 g/mol. The van der Waals surface area contributed by atoms with Crippen LogP contribution < -0.4 is 15.8 Å². The molecule has 0 atom stereocenters. The summed E-state index contributed by atoms with van der Waals surface area (Å²) in [5.41, 5.74) is 6.36. The standard InChI is InChI=1S/C14H19N3O2/c1-10(2)19-14-12(15)5-6-13(17-14)16-8-7-11-4-3-9-18-11/h3-6,9-10H,7-8,15H2,1-2H3,(H,16,17). The van der Waals surface area contributed by atoms with E-state index in [1.54, 1.807) is 12.3 Å². The van der Waals surface area contributed by atoms with Crippen LogP contribution in [0.5, 0.6) is 5.88 Å². The van der Waals surface area contributed by atoms with Gasteiger partial charge in [0.05, 0.1) is 18.1 Å². The van der Waals surface area contributed by atoms with E-state index in [-0.39, 0.29) is 6.10 Å². The molecule has 19 heavy (non-hydrogen) atoms. The van der Waals surface area contributed by atoms with Gasteiger partial charge in [-0.2, -0.15) is 4.98 Å². The maximum Gasteiger partial charge on any atom is 0.239 e.